The van der Waals surface area contributed by atoms with Crippen molar-refractivity contribution in [3.63, 3.8) is 0 Å². The molecule has 0 saturated heterocycles. The number of nitrogens with zero attached hydrogens (tertiary/aromatic N) is 4. The van der Waals surface area contributed by atoms with E-state index >= 15 is 0 Å². The minimum atomic E-state index is 0.558. The largest absolute Gasteiger partial charge is 0.492 e. The number of hydrogen-bond donors (Lipinski definition) is 1. The minimum absolute atomic E-state index is 0.558. The molecule has 0 saturated carbocycles. The second kappa shape index (κ2) is 9.64. The number of nitrogens with one attached hydrogen (secondary N) is 1. The number of likely N-dealkylation sites (N-methyl/N-ethyl adjacent to an activating group) is 1. The van der Waals surface area contributed by atoms with Gasteiger partial charge in [0.05, 0.1) is 0 Å². The van der Waals surface area contributed by atoms with Crippen LogP contribution >= 0.6 is 0 Å². The van der Waals surface area contributed by atoms with Crippen LogP contribution in [0.5, 0.6) is 5.75 Å². The Hall–Kier alpha value is -2.99. The van der Waals surface area contributed by atoms with Crippen molar-refractivity contribution in [1.82, 2.24) is 19.9 Å². The van der Waals surface area contributed by atoms with Gasteiger partial charge in [0, 0.05) is 42.6 Å². The maximum atomic E-state index is 5.80. The van der Waals surface area contributed by atoms with E-state index in [1.54, 1.807) is 24.8 Å². The van der Waals surface area contributed by atoms with Crippen LogP contribution in [0.1, 0.15) is 13.8 Å². The van der Waals surface area contributed by atoms with E-state index in [0.717, 1.165) is 42.2 Å². The van der Waals surface area contributed by atoms with E-state index in [9.17, 15) is 0 Å². The average Bonchev–Trinajstić information content (AvgIpc) is 2.74. The number of benzene rings is 1. The standard InChI is InChI=1S/C21H25N5O/c1-3-26(4-2)13-14-27-20-7-5-19(6-8-20)25-21-23-15-18(16-24-21)17-9-11-22-12-10-17/h5-12,15-16H,3-4,13-14H2,1-2H3,(H,23,24,25). The Bertz CT molecular complexity index is 802. The maximum absolute atomic E-state index is 5.80. The summed E-state index contributed by atoms with van der Waals surface area (Å²) in [5.74, 6) is 1.42. The van der Waals surface area contributed by atoms with E-state index < -0.39 is 0 Å². The van der Waals surface area contributed by atoms with Crippen LogP contribution in [0.15, 0.2) is 61.2 Å². The first-order valence-corrected chi connectivity index (χ1v) is 9.23. The highest BCUT2D eigenvalue weighted by Crippen LogP contribution is 2.20. The number of pyridine rings is 1. The fourth-order valence-electron chi connectivity index (χ4n) is 2.68. The monoisotopic (exact) mass is 363 g/mol. The molecule has 2 heterocycles. The highest BCUT2D eigenvalue weighted by Gasteiger charge is 2.03. The summed E-state index contributed by atoms with van der Waals surface area (Å²) in [6, 6.07) is 11.7. The Morgan fingerprint density at radius 3 is 2.19 bits per heavy atom. The van der Waals surface area contributed by atoms with Crippen molar-refractivity contribution in [1.29, 1.82) is 0 Å². The lowest BCUT2D eigenvalue weighted by Gasteiger charge is -2.18. The molecule has 0 bridgehead atoms. The maximum Gasteiger partial charge on any atom is 0.227 e. The SMILES string of the molecule is CCN(CC)CCOc1ccc(Nc2ncc(-c3ccncc3)cn2)cc1. The summed E-state index contributed by atoms with van der Waals surface area (Å²) < 4.78 is 5.80. The summed E-state index contributed by atoms with van der Waals surface area (Å²) in [5.41, 5.74) is 2.92. The van der Waals surface area contributed by atoms with Gasteiger partial charge in [-0.2, -0.15) is 0 Å². The smallest absolute Gasteiger partial charge is 0.227 e. The lowest BCUT2D eigenvalue weighted by Crippen LogP contribution is -2.27. The molecule has 6 heteroatoms. The summed E-state index contributed by atoms with van der Waals surface area (Å²) in [4.78, 5) is 15.1. The molecule has 3 rings (SSSR count). The second-order valence-corrected chi connectivity index (χ2v) is 6.06. The van der Waals surface area contributed by atoms with Crippen LogP contribution in [0.2, 0.25) is 0 Å². The van der Waals surface area contributed by atoms with E-state index in [0.29, 0.717) is 12.6 Å². The van der Waals surface area contributed by atoms with E-state index in [1.165, 1.54) is 0 Å². The summed E-state index contributed by atoms with van der Waals surface area (Å²) in [6.45, 7) is 8.04. The van der Waals surface area contributed by atoms with E-state index in [4.69, 9.17) is 4.74 Å². The predicted molar refractivity (Wildman–Crippen MR) is 108 cm³/mol. The van der Waals surface area contributed by atoms with Crippen molar-refractivity contribution >= 4 is 11.6 Å². The van der Waals surface area contributed by atoms with Gasteiger partial charge in [-0.3, -0.25) is 4.98 Å². The van der Waals surface area contributed by atoms with Gasteiger partial charge in [0.25, 0.3) is 0 Å². The molecular formula is C21H25N5O. The van der Waals surface area contributed by atoms with Crippen molar-refractivity contribution in [2.75, 3.05) is 31.6 Å². The topological polar surface area (TPSA) is 63.2 Å². The molecule has 0 aliphatic rings. The van der Waals surface area contributed by atoms with E-state index in [-0.39, 0.29) is 0 Å². The van der Waals surface area contributed by atoms with Crippen LogP contribution in [0.3, 0.4) is 0 Å². The van der Waals surface area contributed by atoms with Gasteiger partial charge in [-0.25, -0.2) is 9.97 Å². The molecule has 0 amide bonds. The molecule has 0 radical (unpaired) electrons. The molecule has 0 fully saturated rings. The van der Waals surface area contributed by atoms with Gasteiger partial charge in [-0.15, -0.1) is 0 Å². The van der Waals surface area contributed by atoms with Crippen molar-refractivity contribution in [2.24, 2.45) is 0 Å². The molecule has 0 atom stereocenters. The molecule has 27 heavy (non-hydrogen) atoms. The number of hydrogen-bond acceptors (Lipinski definition) is 6. The molecule has 1 aromatic carbocycles. The van der Waals surface area contributed by atoms with Gasteiger partial charge in [-0.1, -0.05) is 13.8 Å². The predicted octanol–water partition coefficient (Wildman–Crippen LogP) is 4.00. The van der Waals surface area contributed by atoms with Crippen molar-refractivity contribution in [3.8, 4) is 16.9 Å². The van der Waals surface area contributed by atoms with Gasteiger partial charge in [0.2, 0.25) is 5.95 Å². The quantitative estimate of drug-likeness (QED) is 0.620. The van der Waals surface area contributed by atoms with E-state index in [1.807, 2.05) is 36.4 Å². The third-order valence-electron chi connectivity index (χ3n) is 4.35. The highest BCUT2D eigenvalue weighted by molar-refractivity contribution is 5.62. The first kappa shape index (κ1) is 18.8. The summed E-state index contributed by atoms with van der Waals surface area (Å²) in [7, 11) is 0. The van der Waals surface area contributed by atoms with E-state index in [2.05, 4.69) is 39.0 Å². The van der Waals surface area contributed by atoms with Crippen LogP contribution in [0.25, 0.3) is 11.1 Å². The van der Waals surface area contributed by atoms with Crippen LogP contribution in [0, 0.1) is 0 Å². The molecule has 0 unspecified atom stereocenters. The van der Waals surface area contributed by atoms with Crippen LogP contribution in [0.4, 0.5) is 11.6 Å². The van der Waals surface area contributed by atoms with Gasteiger partial charge in [0.1, 0.15) is 12.4 Å². The molecule has 0 aliphatic heterocycles. The Balaban J connectivity index is 1.53. The zero-order valence-electron chi connectivity index (χ0n) is 15.8. The van der Waals surface area contributed by atoms with Crippen LogP contribution in [-0.4, -0.2) is 46.1 Å². The Labute approximate surface area is 160 Å². The Morgan fingerprint density at radius 1 is 0.889 bits per heavy atom. The third-order valence-corrected chi connectivity index (χ3v) is 4.35. The normalized spacial score (nSPS) is 10.8. The molecular weight excluding hydrogens is 338 g/mol. The van der Waals surface area contributed by atoms with Gasteiger partial charge < -0.3 is 15.0 Å². The zero-order chi connectivity index (χ0) is 18.9. The van der Waals surface area contributed by atoms with Crippen molar-refractivity contribution < 1.29 is 4.74 Å². The Morgan fingerprint density at radius 2 is 1.56 bits per heavy atom. The lowest BCUT2D eigenvalue weighted by atomic mass is 10.1. The van der Waals surface area contributed by atoms with Crippen LogP contribution < -0.4 is 10.1 Å². The summed E-state index contributed by atoms with van der Waals surface area (Å²) >= 11 is 0. The summed E-state index contributed by atoms with van der Waals surface area (Å²) in [6.07, 6.45) is 7.12. The van der Waals surface area contributed by atoms with Gasteiger partial charge in [0.15, 0.2) is 0 Å². The average molecular weight is 363 g/mol. The molecule has 140 valence electrons. The first-order chi connectivity index (χ1) is 13.3. The summed E-state index contributed by atoms with van der Waals surface area (Å²) in [5, 5.41) is 3.20. The second-order valence-electron chi connectivity index (χ2n) is 6.06. The highest BCUT2D eigenvalue weighted by atomic mass is 16.5. The minimum Gasteiger partial charge on any atom is -0.492 e. The molecule has 6 nitrogen and oxygen atoms in total. The lowest BCUT2D eigenvalue weighted by molar-refractivity contribution is 0.223. The van der Waals surface area contributed by atoms with Crippen LogP contribution in [-0.2, 0) is 0 Å². The zero-order valence-corrected chi connectivity index (χ0v) is 15.8. The van der Waals surface area contributed by atoms with Gasteiger partial charge in [-0.05, 0) is 55.1 Å². The molecule has 3 aromatic rings. The number of rotatable bonds is 9. The fraction of sp³-hybridized carbons (Fsp3) is 0.286. The van der Waals surface area contributed by atoms with Crippen molar-refractivity contribution in [3.05, 3.63) is 61.2 Å². The number of ether oxygens (including phenoxy) is 1. The number of anilines is 2. The van der Waals surface area contributed by atoms with Gasteiger partial charge >= 0.3 is 0 Å². The molecule has 0 aliphatic carbocycles. The molecule has 0 spiro atoms. The molecule has 2 aromatic heterocycles. The number of aromatic nitrogens is 3. The third kappa shape index (κ3) is 5.49. The fourth-order valence-corrected chi connectivity index (χ4v) is 2.68. The first-order valence-electron chi connectivity index (χ1n) is 9.23. The molecule has 1 N–H and O–H groups in total. The van der Waals surface area contributed by atoms with Crippen molar-refractivity contribution in [2.45, 2.75) is 13.8 Å². The Kier molecular flexibility index (Phi) is 6.71.